The van der Waals surface area contributed by atoms with Crippen LogP contribution in [0.4, 0.5) is 11.4 Å². The van der Waals surface area contributed by atoms with E-state index in [1.54, 1.807) is 18.2 Å². The molecule has 0 atom stereocenters. The average molecular weight is 410 g/mol. The number of nitrogens with zero attached hydrogens (tertiary/aromatic N) is 2. The highest BCUT2D eigenvalue weighted by Gasteiger charge is 2.19. The molecule has 4 rings (SSSR count). The number of phenolic OH excluding ortho intramolecular Hbond substituents is 3. The maximum atomic E-state index is 11.6. The summed E-state index contributed by atoms with van der Waals surface area (Å²) in [5.41, 5.74) is 0.324. The first kappa shape index (κ1) is 18.7. The number of benzene rings is 4. The Morgan fingerprint density at radius 2 is 1.41 bits per heavy atom. The van der Waals surface area contributed by atoms with Crippen molar-refractivity contribution in [2.75, 3.05) is 0 Å². The number of rotatable bonds is 3. The van der Waals surface area contributed by atoms with Crippen LogP contribution in [0, 0.1) is 0 Å². The minimum atomic E-state index is -4.56. The quantitative estimate of drug-likeness (QED) is 0.283. The summed E-state index contributed by atoms with van der Waals surface area (Å²) in [6, 6.07) is 14.4. The molecule has 0 aliphatic heterocycles. The van der Waals surface area contributed by atoms with Crippen LogP contribution in [0.1, 0.15) is 0 Å². The number of hydrogen-bond donors (Lipinski definition) is 4. The van der Waals surface area contributed by atoms with E-state index in [1.807, 2.05) is 0 Å². The van der Waals surface area contributed by atoms with Crippen molar-refractivity contribution in [1.82, 2.24) is 0 Å². The van der Waals surface area contributed by atoms with Gasteiger partial charge in [0, 0.05) is 27.6 Å². The smallest absolute Gasteiger partial charge is 0.295 e. The lowest BCUT2D eigenvalue weighted by Gasteiger charge is -2.09. The average Bonchev–Trinajstić information content (AvgIpc) is 2.67. The normalized spacial score (nSPS) is 12.2. The molecule has 0 aliphatic carbocycles. The second-order valence-electron chi connectivity index (χ2n) is 6.30. The lowest BCUT2D eigenvalue weighted by atomic mass is 10.1. The molecule has 8 nitrogen and oxygen atoms in total. The third-order valence-corrected chi connectivity index (χ3v) is 5.34. The molecule has 146 valence electrons. The van der Waals surface area contributed by atoms with Gasteiger partial charge in [-0.15, -0.1) is 10.2 Å². The first-order valence-corrected chi connectivity index (χ1v) is 9.78. The summed E-state index contributed by atoms with van der Waals surface area (Å²) < 4.78 is 32.7. The molecule has 0 radical (unpaired) electrons. The molecule has 9 heteroatoms. The zero-order chi connectivity index (χ0) is 20.8. The van der Waals surface area contributed by atoms with Crippen molar-refractivity contribution in [2.24, 2.45) is 10.2 Å². The van der Waals surface area contributed by atoms with Gasteiger partial charge in [-0.05, 0) is 30.3 Å². The maximum absolute atomic E-state index is 11.6. The zero-order valence-electron chi connectivity index (χ0n) is 14.7. The minimum Gasteiger partial charge on any atom is -0.508 e. The Balaban J connectivity index is 1.93. The van der Waals surface area contributed by atoms with E-state index in [4.69, 9.17) is 0 Å². The molecule has 4 N–H and O–H groups in total. The Kier molecular flexibility index (Phi) is 4.33. The Bertz CT molecular complexity index is 1410. The Morgan fingerprint density at radius 1 is 0.690 bits per heavy atom. The SMILES string of the molecule is O=S(=O)(O)c1cc(O)c(N=Nc2ccc(O)c3ccc(O)cc23)c2ccccc12. The second-order valence-corrected chi connectivity index (χ2v) is 7.69. The van der Waals surface area contributed by atoms with E-state index in [0.29, 0.717) is 16.5 Å². The fourth-order valence-corrected chi connectivity index (χ4v) is 3.84. The predicted molar refractivity (Wildman–Crippen MR) is 107 cm³/mol. The van der Waals surface area contributed by atoms with Gasteiger partial charge in [0.2, 0.25) is 0 Å². The molecule has 0 saturated carbocycles. The molecular weight excluding hydrogens is 396 g/mol. The monoisotopic (exact) mass is 410 g/mol. The Labute approximate surface area is 164 Å². The first-order chi connectivity index (χ1) is 13.8. The van der Waals surface area contributed by atoms with E-state index in [9.17, 15) is 28.3 Å². The van der Waals surface area contributed by atoms with Gasteiger partial charge in [0.05, 0.1) is 5.69 Å². The molecule has 0 saturated heterocycles. The largest absolute Gasteiger partial charge is 0.508 e. The zero-order valence-corrected chi connectivity index (χ0v) is 15.5. The van der Waals surface area contributed by atoms with Gasteiger partial charge in [-0.25, -0.2) is 0 Å². The second kappa shape index (κ2) is 6.73. The van der Waals surface area contributed by atoms with Crippen molar-refractivity contribution >= 4 is 43.0 Å². The molecule has 0 unspecified atom stereocenters. The summed E-state index contributed by atoms with van der Waals surface area (Å²) in [6.07, 6.45) is 0. The summed E-state index contributed by atoms with van der Waals surface area (Å²) in [5, 5.41) is 39.6. The Morgan fingerprint density at radius 3 is 2.14 bits per heavy atom. The maximum Gasteiger partial charge on any atom is 0.295 e. The Hall–Kier alpha value is -3.69. The van der Waals surface area contributed by atoms with Gasteiger partial charge in [-0.2, -0.15) is 8.42 Å². The van der Waals surface area contributed by atoms with E-state index in [1.165, 1.54) is 36.4 Å². The van der Waals surface area contributed by atoms with E-state index in [-0.39, 0.29) is 28.0 Å². The lowest BCUT2D eigenvalue weighted by Crippen LogP contribution is -1.99. The van der Waals surface area contributed by atoms with Crippen LogP contribution in [0.5, 0.6) is 17.2 Å². The number of phenols is 3. The molecular formula is C20H14N2O6S. The van der Waals surface area contributed by atoms with Crippen molar-refractivity contribution in [3.05, 3.63) is 60.7 Å². The fourth-order valence-electron chi connectivity index (χ4n) is 3.13. The fraction of sp³-hybridized carbons (Fsp3) is 0. The highest BCUT2D eigenvalue weighted by atomic mass is 32.2. The van der Waals surface area contributed by atoms with Crippen LogP contribution >= 0.6 is 0 Å². The topological polar surface area (TPSA) is 140 Å². The molecule has 4 aromatic carbocycles. The molecule has 0 aromatic heterocycles. The van der Waals surface area contributed by atoms with Crippen LogP contribution < -0.4 is 0 Å². The van der Waals surface area contributed by atoms with Crippen LogP contribution in [-0.4, -0.2) is 28.3 Å². The summed E-state index contributed by atoms with van der Waals surface area (Å²) in [7, 11) is -4.56. The molecule has 0 fully saturated rings. The number of fused-ring (bicyclic) bond motifs is 2. The van der Waals surface area contributed by atoms with Gasteiger partial charge in [0.25, 0.3) is 10.1 Å². The van der Waals surface area contributed by atoms with Gasteiger partial charge in [0.15, 0.2) is 0 Å². The number of azo groups is 1. The van der Waals surface area contributed by atoms with Crippen LogP contribution in [0.15, 0.2) is 75.8 Å². The summed E-state index contributed by atoms with van der Waals surface area (Å²) in [4.78, 5) is -0.440. The molecule has 29 heavy (non-hydrogen) atoms. The highest BCUT2D eigenvalue weighted by molar-refractivity contribution is 7.86. The van der Waals surface area contributed by atoms with E-state index < -0.39 is 20.8 Å². The van der Waals surface area contributed by atoms with Gasteiger partial charge in [-0.3, -0.25) is 4.55 Å². The van der Waals surface area contributed by atoms with E-state index in [2.05, 4.69) is 10.2 Å². The number of aromatic hydroxyl groups is 3. The van der Waals surface area contributed by atoms with Crippen molar-refractivity contribution < 1.29 is 28.3 Å². The van der Waals surface area contributed by atoms with Crippen molar-refractivity contribution in [1.29, 1.82) is 0 Å². The van der Waals surface area contributed by atoms with Gasteiger partial charge in [-0.1, -0.05) is 24.3 Å². The van der Waals surface area contributed by atoms with Crippen LogP contribution in [0.3, 0.4) is 0 Å². The molecule has 0 amide bonds. The third kappa shape index (κ3) is 3.33. The third-order valence-electron chi connectivity index (χ3n) is 4.45. The van der Waals surface area contributed by atoms with E-state index in [0.717, 1.165) is 6.07 Å². The van der Waals surface area contributed by atoms with E-state index >= 15 is 0 Å². The van der Waals surface area contributed by atoms with Crippen LogP contribution in [-0.2, 0) is 10.1 Å². The molecule has 0 heterocycles. The highest BCUT2D eigenvalue weighted by Crippen LogP contribution is 2.41. The van der Waals surface area contributed by atoms with Crippen molar-refractivity contribution in [3.8, 4) is 17.2 Å². The molecule has 0 spiro atoms. The minimum absolute atomic E-state index is 0.00440. The first-order valence-electron chi connectivity index (χ1n) is 8.34. The number of hydrogen-bond acceptors (Lipinski definition) is 7. The summed E-state index contributed by atoms with van der Waals surface area (Å²) in [5.74, 6) is -0.499. The predicted octanol–water partition coefficient (Wildman–Crippen LogP) is 4.77. The summed E-state index contributed by atoms with van der Waals surface area (Å²) >= 11 is 0. The van der Waals surface area contributed by atoms with Gasteiger partial charge < -0.3 is 15.3 Å². The molecule has 4 aromatic rings. The lowest BCUT2D eigenvalue weighted by molar-refractivity contribution is 0.468. The standard InChI is InChI=1S/C20H14N2O6S/c23-11-5-6-12-15(9-11)16(7-8-17(12)24)21-22-20-14-4-2-1-3-13(14)19(10-18(20)25)29(26,27)28/h1-10,23-25H,(H,26,27,28). The van der Waals surface area contributed by atoms with Crippen LogP contribution in [0.25, 0.3) is 21.5 Å². The van der Waals surface area contributed by atoms with Gasteiger partial charge >= 0.3 is 0 Å². The van der Waals surface area contributed by atoms with Crippen molar-refractivity contribution in [2.45, 2.75) is 4.90 Å². The molecule has 0 bridgehead atoms. The van der Waals surface area contributed by atoms with Crippen molar-refractivity contribution in [3.63, 3.8) is 0 Å². The summed E-state index contributed by atoms with van der Waals surface area (Å²) in [6.45, 7) is 0. The van der Waals surface area contributed by atoms with Crippen LogP contribution in [0.2, 0.25) is 0 Å². The van der Waals surface area contributed by atoms with Gasteiger partial charge in [0.1, 0.15) is 27.8 Å². The molecule has 0 aliphatic rings.